The molecule has 0 saturated carbocycles. The van der Waals surface area contributed by atoms with Crippen molar-refractivity contribution in [1.29, 1.82) is 0 Å². The normalized spacial score (nSPS) is 13.2. The van der Waals surface area contributed by atoms with Gasteiger partial charge in [0.05, 0.1) is 12.6 Å². The van der Waals surface area contributed by atoms with Gasteiger partial charge in [0.15, 0.2) is 5.96 Å². The minimum absolute atomic E-state index is 0.0725. The topological polar surface area (TPSA) is 356 Å². The third-order valence-corrected chi connectivity index (χ3v) is 5.57. The smallest absolute Gasteiger partial charge is 0.326 e. The van der Waals surface area contributed by atoms with Crippen molar-refractivity contribution >= 4 is 53.5 Å². The summed E-state index contributed by atoms with van der Waals surface area (Å²) in [6, 6.07) is -5.75. The SMILES string of the molecule is NC(N)=NCCC[C@H](NC(=O)[C@H](CCC(=O)O)NC(=O)CNC(=O)[C@H](CCC(=O)O)NC(=O)[C@@H](N)CCC(=O)O)C(=O)O. The molecule has 0 aliphatic rings. The fourth-order valence-electron chi connectivity index (χ4n) is 3.33. The van der Waals surface area contributed by atoms with Gasteiger partial charge in [-0.25, -0.2) is 4.79 Å². The molecule has 43 heavy (non-hydrogen) atoms. The number of carboxylic acid groups (broad SMARTS) is 4. The number of hydrogen-bond donors (Lipinski definition) is 11. The molecule has 0 saturated heterocycles. The predicted molar refractivity (Wildman–Crippen MR) is 145 cm³/mol. The van der Waals surface area contributed by atoms with Crippen molar-refractivity contribution in [1.82, 2.24) is 21.3 Å². The van der Waals surface area contributed by atoms with Gasteiger partial charge in [-0.15, -0.1) is 0 Å². The Balaban J connectivity index is 5.36. The summed E-state index contributed by atoms with van der Waals surface area (Å²) in [5, 5.41) is 44.8. The Bertz CT molecular complexity index is 1060. The van der Waals surface area contributed by atoms with Gasteiger partial charge >= 0.3 is 23.9 Å². The quantitative estimate of drug-likeness (QED) is 0.0310. The number of carbonyl (C=O) groups excluding carboxylic acids is 4. The number of nitrogens with one attached hydrogen (secondary N) is 4. The summed E-state index contributed by atoms with van der Waals surface area (Å²) < 4.78 is 0. The number of nitrogens with two attached hydrogens (primary N) is 3. The Morgan fingerprint density at radius 1 is 0.628 bits per heavy atom. The number of nitrogens with zero attached hydrogens (tertiary/aromatic N) is 1. The first-order valence-electron chi connectivity index (χ1n) is 12.9. The van der Waals surface area contributed by atoms with Gasteiger partial charge in [0.1, 0.15) is 18.1 Å². The van der Waals surface area contributed by atoms with Crippen molar-refractivity contribution in [3.8, 4) is 0 Å². The molecule has 4 amide bonds. The zero-order valence-electron chi connectivity index (χ0n) is 23.1. The molecule has 0 fully saturated rings. The van der Waals surface area contributed by atoms with Crippen molar-refractivity contribution in [2.75, 3.05) is 13.1 Å². The average Bonchev–Trinajstić information content (AvgIpc) is 2.91. The Hall–Kier alpha value is -5.01. The summed E-state index contributed by atoms with van der Waals surface area (Å²) in [7, 11) is 0. The van der Waals surface area contributed by atoms with Gasteiger partial charge in [-0.2, -0.15) is 0 Å². The summed E-state index contributed by atoms with van der Waals surface area (Å²) in [6.07, 6.45) is -2.65. The van der Waals surface area contributed by atoms with E-state index in [2.05, 4.69) is 26.3 Å². The van der Waals surface area contributed by atoms with Crippen LogP contribution in [-0.2, 0) is 38.4 Å². The highest BCUT2D eigenvalue weighted by Gasteiger charge is 2.28. The van der Waals surface area contributed by atoms with Crippen LogP contribution in [0.15, 0.2) is 4.99 Å². The van der Waals surface area contributed by atoms with Gasteiger partial charge in [0.2, 0.25) is 23.6 Å². The predicted octanol–water partition coefficient (Wildman–Crippen LogP) is -4.38. The highest BCUT2D eigenvalue weighted by molar-refractivity contribution is 5.94. The molecule has 0 aromatic rings. The van der Waals surface area contributed by atoms with Crippen molar-refractivity contribution in [2.45, 2.75) is 75.5 Å². The number of amides is 4. The lowest BCUT2D eigenvalue weighted by Crippen LogP contribution is -2.55. The minimum Gasteiger partial charge on any atom is -0.481 e. The molecular weight excluding hydrogens is 580 g/mol. The van der Waals surface area contributed by atoms with E-state index in [0.717, 1.165) is 0 Å². The van der Waals surface area contributed by atoms with Crippen LogP contribution in [0.3, 0.4) is 0 Å². The standard InChI is InChI=1S/C23H38N8O12/c24-11(3-6-16(33)34)19(39)30-12(4-7-17(35)36)20(40)28-10-15(32)29-13(5-8-18(37)38)21(41)31-14(22(42)43)2-1-9-27-23(25)26/h11-14H,1-10,24H2,(H,28,40)(H,29,32)(H,30,39)(H,31,41)(H,33,34)(H,35,36)(H,37,38)(H,42,43)(H4,25,26,27)/t11-,12-,13-,14-/m0/s1. The average molecular weight is 619 g/mol. The fourth-order valence-corrected chi connectivity index (χ4v) is 3.33. The molecule has 0 spiro atoms. The molecule has 4 atom stereocenters. The van der Waals surface area contributed by atoms with E-state index in [9.17, 15) is 43.5 Å². The highest BCUT2D eigenvalue weighted by atomic mass is 16.4. The maximum Gasteiger partial charge on any atom is 0.326 e. The molecule has 14 N–H and O–H groups in total. The maximum absolute atomic E-state index is 12.7. The largest absolute Gasteiger partial charge is 0.481 e. The van der Waals surface area contributed by atoms with Crippen molar-refractivity contribution in [2.24, 2.45) is 22.2 Å². The molecule has 20 nitrogen and oxygen atoms in total. The number of rotatable bonds is 22. The van der Waals surface area contributed by atoms with Crippen molar-refractivity contribution < 1.29 is 58.8 Å². The summed E-state index contributed by atoms with van der Waals surface area (Å²) in [5.41, 5.74) is 16.0. The monoisotopic (exact) mass is 618 g/mol. The zero-order chi connectivity index (χ0) is 33.1. The molecule has 0 bridgehead atoms. The van der Waals surface area contributed by atoms with Crippen LogP contribution < -0.4 is 38.5 Å². The molecule has 20 heteroatoms. The third-order valence-electron chi connectivity index (χ3n) is 5.57. The second-order valence-electron chi connectivity index (χ2n) is 9.15. The zero-order valence-corrected chi connectivity index (χ0v) is 23.1. The maximum atomic E-state index is 12.7. The summed E-state index contributed by atoms with van der Waals surface area (Å²) in [6.45, 7) is -0.732. The minimum atomic E-state index is -1.52. The van der Waals surface area contributed by atoms with E-state index in [1.165, 1.54) is 0 Å². The van der Waals surface area contributed by atoms with E-state index in [4.69, 9.17) is 32.5 Å². The first-order chi connectivity index (χ1) is 20.0. The fraction of sp³-hybridized carbons (Fsp3) is 0.609. The van der Waals surface area contributed by atoms with Gasteiger partial charge in [-0.1, -0.05) is 0 Å². The van der Waals surface area contributed by atoms with Gasteiger partial charge in [0, 0.05) is 25.8 Å². The molecule has 0 radical (unpaired) electrons. The van der Waals surface area contributed by atoms with Crippen LogP contribution in [0.4, 0.5) is 0 Å². The number of aliphatic carboxylic acids is 4. The Kier molecular flexibility index (Phi) is 17.6. The first-order valence-corrected chi connectivity index (χ1v) is 12.9. The lowest BCUT2D eigenvalue weighted by molar-refractivity contribution is -0.143. The summed E-state index contributed by atoms with van der Waals surface area (Å²) in [5.74, 6) is -9.42. The number of carbonyl (C=O) groups is 8. The lowest BCUT2D eigenvalue weighted by atomic mass is 10.1. The van der Waals surface area contributed by atoms with Crippen LogP contribution in [0.2, 0.25) is 0 Å². The van der Waals surface area contributed by atoms with Crippen LogP contribution in [0.25, 0.3) is 0 Å². The molecule has 0 rings (SSSR count). The van der Waals surface area contributed by atoms with Crippen LogP contribution in [0.1, 0.15) is 51.4 Å². The lowest BCUT2D eigenvalue weighted by Gasteiger charge is -2.22. The van der Waals surface area contributed by atoms with E-state index >= 15 is 0 Å². The number of guanidine groups is 1. The second kappa shape index (κ2) is 20.0. The van der Waals surface area contributed by atoms with E-state index in [-0.39, 0.29) is 31.8 Å². The summed E-state index contributed by atoms with van der Waals surface area (Å²) in [4.78, 5) is 98.1. The van der Waals surface area contributed by atoms with Gasteiger partial charge in [0.25, 0.3) is 0 Å². The number of aliphatic imine (C=N–C) groups is 1. The Morgan fingerprint density at radius 2 is 1.12 bits per heavy atom. The molecule has 0 aromatic carbocycles. The number of carboxylic acids is 4. The first kappa shape index (κ1) is 38.0. The van der Waals surface area contributed by atoms with Gasteiger partial charge in [-0.05, 0) is 32.1 Å². The molecule has 0 heterocycles. The molecule has 0 aliphatic heterocycles. The van der Waals surface area contributed by atoms with E-state index in [1.807, 2.05) is 0 Å². The third kappa shape index (κ3) is 18.1. The van der Waals surface area contributed by atoms with E-state index in [0.29, 0.717) is 0 Å². The Labute approximate surface area is 244 Å². The van der Waals surface area contributed by atoms with Crippen molar-refractivity contribution in [3.63, 3.8) is 0 Å². The molecule has 0 aliphatic carbocycles. The van der Waals surface area contributed by atoms with Gasteiger partial charge < -0.3 is 58.9 Å². The number of hydrogen-bond acceptors (Lipinski definition) is 10. The van der Waals surface area contributed by atoms with E-state index in [1.54, 1.807) is 0 Å². The molecular formula is C23H38N8O12. The van der Waals surface area contributed by atoms with Crippen LogP contribution >= 0.6 is 0 Å². The molecule has 242 valence electrons. The van der Waals surface area contributed by atoms with Crippen LogP contribution in [-0.4, -0.2) is 111 Å². The van der Waals surface area contributed by atoms with Gasteiger partial charge in [-0.3, -0.25) is 38.6 Å². The second-order valence-corrected chi connectivity index (χ2v) is 9.15. The summed E-state index contributed by atoms with van der Waals surface area (Å²) >= 11 is 0. The van der Waals surface area contributed by atoms with Crippen LogP contribution in [0, 0.1) is 0 Å². The molecule has 0 aromatic heterocycles. The molecule has 0 unspecified atom stereocenters. The Morgan fingerprint density at radius 3 is 1.60 bits per heavy atom. The van der Waals surface area contributed by atoms with Crippen molar-refractivity contribution in [3.05, 3.63) is 0 Å². The highest BCUT2D eigenvalue weighted by Crippen LogP contribution is 2.04. The van der Waals surface area contributed by atoms with E-state index < -0.39 is 110 Å². The van der Waals surface area contributed by atoms with Crippen LogP contribution in [0.5, 0.6) is 0 Å².